The van der Waals surface area contributed by atoms with E-state index in [1.807, 2.05) is 0 Å². The third-order valence-corrected chi connectivity index (χ3v) is 1.50. The van der Waals surface area contributed by atoms with Crippen LogP contribution in [0.2, 0.25) is 0 Å². The first-order valence-corrected chi connectivity index (χ1v) is 3.15. The summed E-state index contributed by atoms with van der Waals surface area (Å²) in [6, 6.07) is 0. The number of alkyl halides is 1. The van der Waals surface area contributed by atoms with Gasteiger partial charge in [-0.05, 0) is 12.8 Å². The lowest BCUT2D eigenvalue weighted by Crippen LogP contribution is -2.23. The molecule has 1 nitrogen and oxygen atoms in total. The highest BCUT2D eigenvalue weighted by Crippen LogP contribution is 2.25. The van der Waals surface area contributed by atoms with Gasteiger partial charge in [-0.2, -0.15) is 8.78 Å². The fourth-order valence-electron chi connectivity index (χ4n) is 0.974. The Kier molecular flexibility index (Phi) is 2.54. The van der Waals surface area contributed by atoms with Gasteiger partial charge in [-0.25, -0.2) is 4.39 Å². The molecule has 2 unspecified atom stereocenters. The van der Waals surface area contributed by atoms with Gasteiger partial charge < -0.3 is 4.74 Å². The largest absolute Gasteiger partial charge is 0.375 e. The summed E-state index contributed by atoms with van der Waals surface area (Å²) in [4.78, 5) is 0. The van der Waals surface area contributed by atoms with Crippen LogP contribution in [-0.4, -0.2) is 18.9 Å². The topological polar surface area (TPSA) is 9.23 Å². The third-order valence-electron chi connectivity index (χ3n) is 1.50. The summed E-state index contributed by atoms with van der Waals surface area (Å²) < 4.78 is 40.1. The van der Waals surface area contributed by atoms with Gasteiger partial charge in [0.15, 0.2) is 6.17 Å². The Balaban J connectivity index is 2.32. The summed E-state index contributed by atoms with van der Waals surface area (Å²) in [5.41, 5.74) is 0. The van der Waals surface area contributed by atoms with E-state index >= 15 is 0 Å². The van der Waals surface area contributed by atoms with Crippen molar-refractivity contribution in [2.45, 2.75) is 25.1 Å². The molecule has 0 N–H and O–H groups in total. The van der Waals surface area contributed by atoms with Gasteiger partial charge >= 0.3 is 6.43 Å². The number of ether oxygens (including phenoxy) is 1. The first-order chi connectivity index (χ1) is 4.72. The normalized spacial score (nSPS) is 29.4. The Labute approximate surface area is 57.2 Å². The molecule has 1 aliphatic heterocycles. The molecule has 0 saturated carbocycles. The minimum absolute atomic E-state index is 0.401. The van der Waals surface area contributed by atoms with Crippen LogP contribution in [0.3, 0.4) is 0 Å². The first-order valence-electron chi connectivity index (χ1n) is 3.15. The zero-order valence-corrected chi connectivity index (χ0v) is 5.32. The van der Waals surface area contributed by atoms with Crippen LogP contribution in [0.15, 0.2) is 0 Å². The van der Waals surface area contributed by atoms with Crippen LogP contribution in [0, 0.1) is 6.43 Å². The molecule has 1 fully saturated rings. The van der Waals surface area contributed by atoms with E-state index < -0.39 is 18.7 Å². The minimum atomic E-state index is -2.18. The zero-order chi connectivity index (χ0) is 7.56. The summed E-state index contributed by atoms with van der Waals surface area (Å²) in [6.45, 7) is 0.401. The molecule has 0 amide bonds. The molecule has 59 valence electrons. The van der Waals surface area contributed by atoms with Gasteiger partial charge in [0.2, 0.25) is 0 Å². The molecule has 10 heavy (non-hydrogen) atoms. The number of halogens is 3. The van der Waals surface area contributed by atoms with Crippen molar-refractivity contribution in [2.75, 3.05) is 6.61 Å². The number of hydrogen-bond acceptors (Lipinski definition) is 1. The third kappa shape index (κ3) is 1.62. The van der Waals surface area contributed by atoms with Gasteiger partial charge in [0.25, 0.3) is 0 Å². The molecule has 0 bridgehead atoms. The van der Waals surface area contributed by atoms with E-state index in [9.17, 15) is 13.2 Å². The Bertz CT molecular complexity index is 101. The van der Waals surface area contributed by atoms with E-state index in [0.29, 0.717) is 19.4 Å². The molecule has 1 aliphatic rings. The molecule has 4 heteroatoms. The molecule has 1 heterocycles. The van der Waals surface area contributed by atoms with Gasteiger partial charge in [-0.15, -0.1) is 0 Å². The smallest absolute Gasteiger partial charge is 0.346 e. The highest BCUT2D eigenvalue weighted by molar-refractivity contribution is 4.84. The van der Waals surface area contributed by atoms with Crippen molar-refractivity contribution in [1.82, 2.24) is 0 Å². The van der Waals surface area contributed by atoms with Crippen molar-refractivity contribution >= 4 is 0 Å². The lowest BCUT2D eigenvalue weighted by molar-refractivity contribution is 0.0104. The van der Waals surface area contributed by atoms with E-state index in [1.54, 1.807) is 0 Å². The van der Waals surface area contributed by atoms with Crippen molar-refractivity contribution < 1.29 is 17.9 Å². The predicted octanol–water partition coefficient (Wildman–Crippen LogP) is 1.93. The van der Waals surface area contributed by atoms with Gasteiger partial charge in [-0.1, -0.05) is 0 Å². The monoisotopic (exact) mass is 153 g/mol. The quantitative estimate of drug-likeness (QED) is 0.589. The average Bonchev–Trinajstić information content (AvgIpc) is 2.36. The van der Waals surface area contributed by atoms with Crippen molar-refractivity contribution in [3.63, 3.8) is 0 Å². The second-order valence-electron chi connectivity index (χ2n) is 2.24. The highest BCUT2D eigenvalue weighted by Gasteiger charge is 2.34. The number of rotatable bonds is 2. The molecule has 2 atom stereocenters. The van der Waals surface area contributed by atoms with Crippen LogP contribution in [0.1, 0.15) is 12.8 Å². The molecule has 0 aliphatic carbocycles. The molecular weight excluding hydrogens is 145 g/mol. The average molecular weight is 153 g/mol. The van der Waals surface area contributed by atoms with Crippen LogP contribution in [-0.2, 0) is 4.74 Å². The first kappa shape index (κ1) is 7.85. The van der Waals surface area contributed by atoms with E-state index in [2.05, 4.69) is 0 Å². The SMILES string of the molecule is F[C](F)C(F)C1CCCO1. The van der Waals surface area contributed by atoms with Gasteiger partial charge in [-0.3, -0.25) is 0 Å². The highest BCUT2D eigenvalue weighted by atomic mass is 19.3. The van der Waals surface area contributed by atoms with Crippen LogP contribution < -0.4 is 0 Å². The second kappa shape index (κ2) is 3.23. The van der Waals surface area contributed by atoms with Crippen molar-refractivity contribution in [2.24, 2.45) is 0 Å². The van der Waals surface area contributed by atoms with Crippen molar-refractivity contribution in [3.05, 3.63) is 6.43 Å². The minimum Gasteiger partial charge on any atom is -0.375 e. The molecule has 0 spiro atoms. The Morgan fingerprint density at radius 2 is 2.20 bits per heavy atom. The van der Waals surface area contributed by atoms with E-state index in [1.165, 1.54) is 0 Å². The van der Waals surface area contributed by atoms with Crippen molar-refractivity contribution in [3.8, 4) is 0 Å². The van der Waals surface area contributed by atoms with E-state index in [-0.39, 0.29) is 0 Å². The maximum atomic E-state index is 12.3. The van der Waals surface area contributed by atoms with Gasteiger partial charge in [0.05, 0.1) is 6.10 Å². The van der Waals surface area contributed by atoms with Gasteiger partial charge in [0.1, 0.15) is 0 Å². The Morgan fingerprint density at radius 1 is 1.50 bits per heavy atom. The summed E-state index contributed by atoms with van der Waals surface area (Å²) in [7, 11) is 0. The van der Waals surface area contributed by atoms with Crippen LogP contribution in [0.25, 0.3) is 0 Å². The Hall–Kier alpha value is -0.250. The lowest BCUT2D eigenvalue weighted by atomic mass is 10.1. The standard InChI is InChI=1S/C6H8F3O/c7-5(6(8)9)4-2-1-3-10-4/h4-5H,1-3H2. The fraction of sp³-hybridized carbons (Fsp3) is 0.833. The molecule has 0 aromatic rings. The summed E-state index contributed by atoms with van der Waals surface area (Å²) >= 11 is 0. The summed E-state index contributed by atoms with van der Waals surface area (Å²) in [6.07, 6.45) is -4.17. The molecular formula is C6H8F3O. The molecule has 0 aromatic carbocycles. The molecule has 0 aromatic heterocycles. The van der Waals surface area contributed by atoms with Gasteiger partial charge in [0, 0.05) is 6.61 Å². The van der Waals surface area contributed by atoms with E-state index in [0.717, 1.165) is 0 Å². The maximum Gasteiger partial charge on any atom is 0.346 e. The predicted molar refractivity (Wildman–Crippen MR) is 29.3 cm³/mol. The zero-order valence-electron chi connectivity index (χ0n) is 5.32. The fourth-order valence-corrected chi connectivity index (χ4v) is 0.974. The van der Waals surface area contributed by atoms with E-state index in [4.69, 9.17) is 4.74 Å². The van der Waals surface area contributed by atoms with Crippen LogP contribution in [0.4, 0.5) is 13.2 Å². The summed E-state index contributed by atoms with van der Waals surface area (Å²) in [5.74, 6) is 0. The number of hydrogen-bond donors (Lipinski definition) is 0. The molecule has 1 rings (SSSR count). The maximum absolute atomic E-state index is 12.3. The van der Waals surface area contributed by atoms with Crippen LogP contribution in [0.5, 0.6) is 0 Å². The molecule has 1 saturated heterocycles. The Morgan fingerprint density at radius 3 is 2.60 bits per heavy atom. The second-order valence-corrected chi connectivity index (χ2v) is 2.24. The molecule has 1 radical (unpaired) electrons. The van der Waals surface area contributed by atoms with Crippen LogP contribution >= 0.6 is 0 Å². The lowest BCUT2D eigenvalue weighted by Gasteiger charge is -2.11. The van der Waals surface area contributed by atoms with Crippen molar-refractivity contribution in [1.29, 1.82) is 0 Å². The summed E-state index contributed by atoms with van der Waals surface area (Å²) in [5, 5.41) is 0.